The second-order valence-electron chi connectivity index (χ2n) is 4.86. The Hall–Kier alpha value is -0.770. The van der Waals surface area contributed by atoms with Crippen molar-refractivity contribution in [1.29, 1.82) is 0 Å². The molecule has 4 heteroatoms. The molecule has 0 aromatic carbocycles. The third-order valence-corrected chi connectivity index (χ3v) is 3.84. The Labute approximate surface area is 77.9 Å². The van der Waals surface area contributed by atoms with Crippen LogP contribution in [0.3, 0.4) is 0 Å². The normalized spacial score (nSPS) is 43.7. The molecule has 13 heavy (non-hydrogen) atoms. The molecule has 2 fully saturated rings. The van der Waals surface area contributed by atoms with Gasteiger partial charge in [-0.1, -0.05) is 13.8 Å². The highest BCUT2D eigenvalue weighted by Gasteiger charge is 2.55. The topological polar surface area (TPSA) is 52.6 Å². The van der Waals surface area contributed by atoms with Crippen LogP contribution in [0.2, 0.25) is 0 Å². The SMILES string of the molecule is CC12CNCC1(C)CN(C(=O)O)C2. The number of fused-ring (bicyclic) bond motifs is 1. The van der Waals surface area contributed by atoms with Gasteiger partial charge in [0.05, 0.1) is 0 Å². The number of amides is 1. The standard InChI is InChI=1S/C9H16N2O2/c1-8-3-10-4-9(8,2)6-11(5-8)7(12)13/h10H,3-6H2,1-2H3,(H,12,13). The van der Waals surface area contributed by atoms with Crippen molar-refractivity contribution >= 4 is 6.09 Å². The summed E-state index contributed by atoms with van der Waals surface area (Å²) in [6.07, 6.45) is -0.781. The van der Waals surface area contributed by atoms with Crippen LogP contribution in [0, 0.1) is 10.8 Å². The van der Waals surface area contributed by atoms with Gasteiger partial charge in [0.25, 0.3) is 0 Å². The van der Waals surface area contributed by atoms with Gasteiger partial charge in [0.2, 0.25) is 0 Å². The fourth-order valence-corrected chi connectivity index (χ4v) is 2.57. The van der Waals surface area contributed by atoms with E-state index in [4.69, 9.17) is 5.11 Å². The number of nitrogens with zero attached hydrogens (tertiary/aromatic N) is 1. The Morgan fingerprint density at radius 2 is 1.77 bits per heavy atom. The van der Waals surface area contributed by atoms with E-state index in [0.717, 1.165) is 13.1 Å². The lowest BCUT2D eigenvalue weighted by Gasteiger charge is -2.30. The molecule has 2 unspecified atom stereocenters. The number of hydrogen-bond donors (Lipinski definition) is 2. The molecule has 2 heterocycles. The molecule has 0 aromatic rings. The molecular weight excluding hydrogens is 168 g/mol. The van der Waals surface area contributed by atoms with Gasteiger partial charge < -0.3 is 15.3 Å². The average Bonchev–Trinajstić information content (AvgIpc) is 2.38. The van der Waals surface area contributed by atoms with Gasteiger partial charge in [0.15, 0.2) is 0 Å². The molecule has 2 atom stereocenters. The number of carbonyl (C=O) groups is 1. The molecule has 1 amide bonds. The molecule has 0 radical (unpaired) electrons. The third-order valence-electron chi connectivity index (χ3n) is 3.84. The Morgan fingerprint density at radius 3 is 2.15 bits per heavy atom. The van der Waals surface area contributed by atoms with Gasteiger partial charge in [0, 0.05) is 37.0 Å². The fourth-order valence-electron chi connectivity index (χ4n) is 2.57. The summed E-state index contributed by atoms with van der Waals surface area (Å²) in [6, 6.07) is 0. The van der Waals surface area contributed by atoms with E-state index in [0.29, 0.717) is 13.1 Å². The largest absolute Gasteiger partial charge is 0.465 e. The van der Waals surface area contributed by atoms with Crippen LogP contribution in [0.1, 0.15) is 13.8 Å². The molecule has 4 nitrogen and oxygen atoms in total. The van der Waals surface area contributed by atoms with Gasteiger partial charge in [-0.15, -0.1) is 0 Å². The minimum absolute atomic E-state index is 0.130. The molecule has 74 valence electrons. The molecule has 2 aliphatic rings. The minimum atomic E-state index is -0.781. The van der Waals surface area contributed by atoms with Crippen LogP contribution in [0.15, 0.2) is 0 Å². The van der Waals surface area contributed by atoms with Gasteiger partial charge in [-0.05, 0) is 0 Å². The molecule has 0 spiro atoms. The smallest absolute Gasteiger partial charge is 0.407 e. The van der Waals surface area contributed by atoms with E-state index in [9.17, 15) is 4.79 Å². The number of likely N-dealkylation sites (tertiary alicyclic amines) is 1. The van der Waals surface area contributed by atoms with Crippen molar-refractivity contribution in [2.75, 3.05) is 26.2 Å². The first kappa shape index (κ1) is 8.81. The van der Waals surface area contributed by atoms with Crippen molar-refractivity contribution in [2.45, 2.75) is 13.8 Å². The van der Waals surface area contributed by atoms with E-state index in [-0.39, 0.29) is 10.8 Å². The highest BCUT2D eigenvalue weighted by atomic mass is 16.4. The maximum Gasteiger partial charge on any atom is 0.407 e. The summed E-state index contributed by atoms with van der Waals surface area (Å²) < 4.78 is 0. The van der Waals surface area contributed by atoms with Crippen LogP contribution >= 0.6 is 0 Å². The lowest BCUT2D eigenvalue weighted by atomic mass is 9.71. The van der Waals surface area contributed by atoms with Crippen molar-refractivity contribution in [3.05, 3.63) is 0 Å². The maximum absolute atomic E-state index is 10.8. The first-order valence-corrected chi connectivity index (χ1v) is 4.66. The number of carboxylic acid groups (broad SMARTS) is 1. The third kappa shape index (κ3) is 1.05. The quantitative estimate of drug-likeness (QED) is 0.579. The molecular formula is C9H16N2O2. The first-order chi connectivity index (χ1) is 5.97. The summed E-state index contributed by atoms with van der Waals surface area (Å²) >= 11 is 0. The Balaban J connectivity index is 2.23. The highest BCUT2D eigenvalue weighted by molar-refractivity contribution is 5.65. The summed E-state index contributed by atoms with van der Waals surface area (Å²) in [7, 11) is 0. The van der Waals surface area contributed by atoms with Crippen molar-refractivity contribution in [3.63, 3.8) is 0 Å². The van der Waals surface area contributed by atoms with Crippen LogP contribution < -0.4 is 5.32 Å². The molecule has 0 bridgehead atoms. The van der Waals surface area contributed by atoms with E-state index in [1.807, 2.05) is 0 Å². The second kappa shape index (κ2) is 2.38. The Bertz CT molecular complexity index is 238. The van der Waals surface area contributed by atoms with Gasteiger partial charge in [-0.25, -0.2) is 4.79 Å². The summed E-state index contributed by atoms with van der Waals surface area (Å²) in [5.74, 6) is 0. The maximum atomic E-state index is 10.8. The number of hydrogen-bond acceptors (Lipinski definition) is 2. The van der Waals surface area contributed by atoms with Crippen molar-refractivity contribution in [1.82, 2.24) is 10.2 Å². The molecule has 0 saturated carbocycles. The van der Waals surface area contributed by atoms with Gasteiger partial charge in [-0.3, -0.25) is 0 Å². The first-order valence-electron chi connectivity index (χ1n) is 4.66. The van der Waals surface area contributed by atoms with E-state index >= 15 is 0 Å². The Kier molecular flexibility index (Phi) is 1.61. The summed E-state index contributed by atoms with van der Waals surface area (Å²) in [5, 5.41) is 12.2. The fraction of sp³-hybridized carbons (Fsp3) is 0.889. The highest BCUT2D eigenvalue weighted by Crippen LogP contribution is 2.48. The van der Waals surface area contributed by atoms with Crippen molar-refractivity contribution in [2.24, 2.45) is 10.8 Å². The number of rotatable bonds is 0. The second-order valence-corrected chi connectivity index (χ2v) is 4.86. The minimum Gasteiger partial charge on any atom is -0.465 e. The molecule has 2 saturated heterocycles. The van der Waals surface area contributed by atoms with Gasteiger partial charge in [0.1, 0.15) is 0 Å². The molecule has 2 rings (SSSR count). The van der Waals surface area contributed by atoms with Crippen molar-refractivity contribution in [3.8, 4) is 0 Å². The zero-order valence-corrected chi connectivity index (χ0v) is 8.13. The summed E-state index contributed by atoms with van der Waals surface area (Å²) in [6.45, 7) is 7.57. The van der Waals surface area contributed by atoms with E-state index in [1.54, 1.807) is 4.90 Å². The van der Waals surface area contributed by atoms with Crippen LogP contribution in [-0.4, -0.2) is 42.3 Å². The average molecular weight is 184 g/mol. The van der Waals surface area contributed by atoms with E-state index in [1.165, 1.54) is 0 Å². The molecule has 2 aliphatic heterocycles. The van der Waals surface area contributed by atoms with Crippen molar-refractivity contribution < 1.29 is 9.90 Å². The van der Waals surface area contributed by atoms with E-state index < -0.39 is 6.09 Å². The van der Waals surface area contributed by atoms with Gasteiger partial charge in [-0.2, -0.15) is 0 Å². The molecule has 0 aliphatic carbocycles. The summed E-state index contributed by atoms with van der Waals surface area (Å²) in [5.41, 5.74) is 0.261. The molecule has 0 aromatic heterocycles. The predicted molar refractivity (Wildman–Crippen MR) is 48.7 cm³/mol. The van der Waals surface area contributed by atoms with E-state index in [2.05, 4.69) is 19.2 Å². The van der Waals surface area contributed by atoms with Crippen LogP contribution in [-0.2, 0) is 0 Å². The number of nitrogens with one attached hydrogen (secondary N) is 1. The zero-order valence-electron chi connectivity index (χ0n) is 8.13. The Morgan fingerprint density at radius 1 is 1.31 bits per heavy atom. The summed E-state index contributed by atoms with van der Waals surface area (Å²) in [4.78, 5) is 12.4. The van der Waals surface area contributed by atoms with Crippen LogP contribution in [0.4, 0.5) is 4.79 Å². The van der Waals surface area contributed by atoms with Gasteiger partial charge >= 0.3 is 6.09 Å². The van der Waals surface area contributed by atoms with Crippen LogP contribution in [0.25, 0.3) is 0 Å². The predicted octanol–water partition coefficient (Wildman–Crippen LogP) is 0.596. The zero-order chi connectivity index (χ0) is 9.69. The lowest BCUT2D eigenvalue weighted by Crippen LogP contribution is -2.34. The molecule has 2 N–H and O–H groups in total. The lowest BCUT2D eigenvalue weighted by molar-refractivity contribution is 0.149. The van der Waals surface area contributed by atoms with Crippen LogP contribution in [0.5, 0.6) is 0 Å². The monoisotopic (exact) mass is 184 g/mol.